The van der Waals surface area contributed by atoms with E-state index in [9.17, 15) is 9.59 Å². The first-order valence-electron chi connectivity index (χ1n) is 4.99. The second-order valence-corrected chi connectivity index (χ2v) is 3.31. The molecule has 0 aliphatic heterocycles. The number of carbonyl (C=O) groups excluding carboxylic acids is 2. The molecule has 0 fully saturated rings. The van der Waals surface area contributed by atoms with Gasteiger partial charge in [-0.05, 0) is 17.7 Å². The Balaban J connectivity index is 2.78. The fourth-order valence-corrected chi connectivity index (χ4v) is 1.37. The van der Waals surface area contributed by atoms with Gasteiger partial charge in [0.15, 0.2) is 6.04 Å². The van der Waals surface area contributed by atoms with Gasteiger partial charge in [0.05, 0.1) is 14.2 Å². The third-order valence-electron chi connectivity index (χ3n) is 2.27. The number of esters is 1. The number of nitrogens with zero attached hydrogens (tertiary/aromatic N) is 1. The molecule has 0 aromatic heterocycles. The van der Waals surface area contributed by atoms with Crippen LogP contribution < -0.4 is 4.74 Å². The topological polar surface area (TPSA) is 65.0 Å². The number of rotatable bonds is 5. The molecule has 5 heteroatoms. The van der Waals surface area contributed by atoms with Gasteiger partial charge in [-0.1, -0.05) is 12.1 Å². The zero-order chi connectivity index (χ0) is 12.7. The summed E-state index contributed by atoms with van der Waals surface area (Å²) in [6, 6.07) is 6.30. The summed E-state index contributed by atoms with van der Waals surface area (Å²) >= 11 is 0. The molecule has 17 heavy (non-hydrogen) atoms. The van der Waals surface area contributed by atoms with Gasteiger partial charge in [0, 0.05) is 6.42 Å². The number of isocyanates is 1. The molecule has 0 radical (unpaired) electrons. The summed E-state index contributed by atoms with van der Waals surface area (Å²) in [6.45, 7) is 0. The van der Waals surface area contributed by atoms with E-state index in [1.54, 1.807) is 31.4 Å². The van der Waals surface area contributed by atoms with Crippen LogP contribution in [0.3, 0.4) is 0 Å². The van der Waals surface area contributed by atoms with E-state index in [0.29, 0.717) is 6.42 Å². The van der Waals surface area contributed by atoms with Crippen molar-refractivity contribution in [3.63, 3.8) is 0 Å². The van der Waals surface area contributed by atoms with E-state index in [4.69, 9.17) is 4.74 Å². The second-order valence-electron chi connectivity index (χ2n) is 3.31. The lowest BCUT2D eigenvalue weighted by molar-refractivity contribution is -0.142. The van der Waals surface area contributed by atoms with E-state index in [0.717, 1.165) is 11.3 Å². The number of hydrogen-bond acceptors (Lipinski definition) is 5. The van der Waals surface area contributed by atoms with Gasteiger partial charge in [-0.25, -0.2) is 9.59 Å². The van der Waals surface area contributed by atoms with Gasteiger partial charge in [0.25, 0.3) is 0 Å². The first-order valence-corrected chi connectivity index (χ1v) is 4.99. The zero-order valence-corrected chi connectivity index (χ0v) is 9.67. The molecule has 90 valence electrons. The minimum atomic E-state index is -0.842. The molecule has 1 rings (SSSR count). The predicted octanol–water partition coefficient (Wildman–Crippen LogP) is 1.12. The van der Waals surface area contributed by atoms with Crippen molar-refractivity contribution in [1.29, 1.82) is 0 Å². The largest absolute Gasteiger partial charge is 0.497 e. The molecule has 5 nitrogen and oxygen atoms in total. The van der Waals surface area contributed by atoms with E-state index in [1.807, 2.05) is 0 Å². The molecule has 1 unspecified atom stereocenters. The lowest BCUT2D eigenvalue weighted by atomic mass is 10.1. The summed E-state index contributed by atoms with van der Waals surface area (Å²) in [5, 5.41) is 0. The number of methoxy groups -OCH3 is 2. The third kappa shape index (κ3) is 3.74. The molecule has 1 atom stereocenters. The Labute approximate surface area is 99.1 Å². The maximum absolute atomic E-state index is 11.3. The van der Waals surface area contributed by atoms with Crippen LogP contribution in [0.5, 0.6) is 5.75 Å². The smallest absolute Gasteiger partial charge is 0.331 e. The number of carbonyl (C=O) groups is 1. The van der Waals surface area contributed by atoms with Crippen molar-refractivity contribution < 1.29 is 19.1 Å². The second kappa shape index (κ2) is 6.45. The summed E-state index contributed by atoms with van der Waals surface area (Å²) in [6.07, 6.45) is 1.67. The molecule has 0 aliphatic carbocycles. The summed E-state index contributed by atoms with van der Waals surface area (Å²) in [5.74, 6) is 0.173. The molecule has 0 N–H and O–H groups in total. The Kier molecular flexibility index (Phi) is 4.91. The SMILES string of the molecule is COC(=O)C(Cc1ccc(OC)cc1)N=C=O. The summed E-state index contributed by atoms with van der Waals surface area (Å²) in [7, 11) is 2.83. The Hall–Kier alpha value is -2.13. The predicted molar refractivity (Wildman–Crippen MR) is 60.6 cm³/mol. The van der Waals surface area contributed by atoms with Gasteiger partial charge in [0.2, 0.25) is 6.08 Å². The van der Waals surface area contributed by atoms with Crippen LogP contribution in [0.25, 0.3) is 0 Å². The van der Waals surface area contributed by atoms with Crippen LogP contribution in [0, 0.1) is 0 Å². The highest BCUT2D eigenvalue weighted by molar-refractivity contribution is 5.77. The van der Waals surface area contributed by atoms with Crippen molar-refractivity contribution in [3.8, 4) is 5.75 Å². The Morgan fingerprint density at radius 3 is 2.47 bits per heavy atom. The van der Waals surface area contributed by atoms with Gasteiger partial charge in [-0.15, -0.1) is 0 Å². The molecule has 0 aliphatic rings. The fourth-order valence-electron chi connectivity index (χ4n) is 1.37. The van der Waals surface area contributed by atoms with E-state index >= 15 is 0 Å². The van der Waals surface area contributed by atoms with Gasteiger partial charge < -0.3 is 9.47 Å². The first kappa shape index (κ1) is 12.9. The average molecular weight is 235 g/mol. The van der Waals surface area contributed by atoms with Crippen LogP contribution in [-0.2, 0) is 20.7 Å². The van der Waals surface area contributed by atoms with Crippen LogP contribution in [0.2, 0.25) is 0 Å². The van der Waals surface area contributed by atoms with E-state index in [1.165, 1.54) is 13.2 Å². The maximum atomic E-state index is 11.3. The van der Waals surface area contributed by atoms with Gasteiger partial charge in [-0.2, -0.15) is 4.99 Å². The van der Waals surface area contributed by atoms with Crippen LogP contribution in [-0.4, -0.2) is 32.3 Å². The molecule has 1 aromatic carbocycles. The first-order chi connectivity index (χ1) is 8.21. The molecule has 1 aromatic rings. The molecule has 0 bridgehead atoms. The Bertz CT molecular complexity index is 421. The summed E-state index contributed by atoms with van der Waals surface area (Å²) in [4.78, 5) is 24.9. The maximum Gasteiger partial charge on any atom is 0.331 e. The van der Waals surface area contributed by atoms with Crippen molar-refractivity contribution >= 4 is 12.0 Å². The highest BCUT2D eigenvalue weighted by atomic mass is 16.5. The Morgan fingerprint density at radius 2 is 2.00 bits per heavy atom. The van der Waals surface area contributed by atoms with Crippen molar-refractivity contribution in [2.24, 2.45) is 4.99 Å². The zero-order valence-electron chi connectivity index (χ0n) is 9.67. The van der Waals surface area contributed by atoms with Crippen molar-refractivity contribution in [3.05, 3.63) is 29.8 Å². The molecule has 0 saturated heterocycles. The van der Waals surface area contributed by atoms with Gasteiger partial charge in [-0.3, -0.25) is 0 Å². The minimum Gasteiger partial charge on any atom is -0.497 e. The number of hydrogen-bond donors (Lipinski definition) is 0. The lowest BCUT2D eigenvalue weighted by Crippen LogP contribution is -2.22. The van der Waals surface area contributed by atoms with E-state index in [2.05, 4.69) is 9.73 Å². The quantitative estimate of drug-likeness (QED) is 0.435. The average Bonchev–Trinajstić information content (AvgIpc) is 2.38. The molecule has 0 amide bonds. The summed E-state index contributed by atoms with van der Waals surface area (Å²) in [5.41, 5.74) is 0.861. The van der Waals surface area contributed by atoms with E-state index < -0.39 is 12.0 Å². The highest BCUT2D eigenvalue weighted by Gasteiger charge is 2.18. The van der Waals surface area contributed by atoms with Crippen LogP contribution in [0.4, 0.5) is 0 Å². The molecular weight excluding hydrogens is 222 g/mol. The molecule has 0 spiro atoms. The van der Waals surface area contributed by atoms with Gasteiger partial charge in [0.1, 0.15) is 5.75 Å². The normalized spacial score (nSPS) is 11.2. The van der Waals surface area contributed by atoms with Crippen LogP contribution in [0.1, 0.15) is 5.56 Å². The summed E-state index contributed by atoms with van der Waals surface area (Å²) < 4.78 is 9.56. The van der Waals surface area contributed by atoms with Crippen LogP contribution >= 0.6 is 0 Å². The van der Waals surface area contributed by atoms with E-state index in [-0.39, 0.29) is 0 Å². The number of aliphatic imine (C=N–C) groups is 1. The number of ether oxygens (including phenoxy) is 2. The number of benzene rings is 1. The highest BCUT2D eigenvalue weighted by Crippen LogP contribution is 2.13. The van der Waals surface area contributed by atoms with Gasteiger partial charge >= 0.3 is 5.97 Å². The molecular formula is C12H13NO4. The fraction of sp³-hybridized carbons (Fsp3) is 0.333. The standard InChI is InChI=1S/C12H13NO4/c1-16-10-5-3-9(4-6-10)7-11(13-8-14)12(15)17-2/h3-6,11H,7H2,1-2H3. The molecule has 0 heterocycles. The lowest BCUT2D eigenvalue weighted by Gasteiger charge is -2.08. The van der Waals surface area contributed by atoms with Crippen molar-refractivity contribution in [1.82, 2.24) is 0 Å². The minimum absolute atomic E-state index is 0.298. The third-order valence-corrected chi connectivity index (χ3v) is 2.27. The van der Waals surface area contributed by atoms with Crippen LogP contribution in [0.15, 0.2) is 29.3 Å². The van der Waals surface area contributed by atoms with Crippen molar-refractivity contribution in [2.75, 3.05) is 14.2 Å². The monoisotopic (exact) mass is 235 g/mol. The Morgan fingerprint density at radius 1 is 1.35 bits per heavy atom. The molecule has 0 saturated carbocycles. The van der Waals surface area contributed by atoms with Crippen molar-refractivity contribution in [2.45, 2.75) is 12.5 Å².